The number of hydrogen-bond donors (Lipinski definition) is 1. The predicted octanol–water partition coefficient (Wildman–Crippen LogP) is 4.07. The molecule has 5 fully saturated rings. The van der Waals surface area contributed by atoms with Gasteiger partial charge in [-0.25, -0.2) is 4.79 Å². The lowest BCUT2D eigenvalue weighted by atomic mass is 9.53. The van der Waals surface area contributed by atoms with Crippen molar-refractivity contribution in [3.05, 3.63) is 33.9 Å². The summed E-state index contributed by atoms with van der Waals surface area (Å²) in [7, 11) is 0. The minimum Gasteiger partial charge on any atom is -0.452 e. The number of nitrogens with one attached hydrogen (secondary N) is 1. The second-order valence-corrected chi connectivity index (χ2v) is 11.0. The fourth-order valence-electron chi connectivity index (χ4n) is 7.12. The van der Waals surface area contributed by atoms with Crippen molar-refractivity contribution in [1.29, 1.82) is 0 Å². The zero-order valence-electron chi connectivity index (χ0n) is 19.3. The van der Waals surface area contributed by atoms with Crippen LogP contribution in [0.1, 0.15) is 68.6 Å². The molecule has 8 heteroatoms. The lowest BCUT2D eigenvalue weighted by molar-refractivity contribution is -0.384. The molecule has 33 heavy (non-hydrogen) atoms. The number of nitro benzene ring substituents is 1. The average molecular weight is 456 g/mol. The molecule has 1 aromatic carbocycles. The number of carbonyl (C=O) groups excluding carboxylic acids is 2. The normalized spacial score (nSPS) is 30.8. The average Bonchev–Trinajstić information content (AvgIpc) is 2.76. The van der Waals surface area contributed by atoms with Crippen molar-refractivity contribution < 1.29 is 19.2 Å². The Labute approximate surface area is 194 Å². The SMILES string of the molecule is CC1CCN(c2ccc(C(=O)OCC(=O)NC34CC5CC(CC(C5)C3)C4)cc2[N+](=O)[O-])CC1. The van der Waals surface area contributed by atoms with E-state index in [9.17, 15) is 19.7 Å². The van der Waals surface area contributed by atoms with Crippen molar-refractivity contribution in [2.75, 3.05) is 24.6 Å². The largest absolute Gasteiger partial charge is 0.452 e. The number of hydrogen-bond acceptors (Lipinski definition) is 6. The molecule has 1 heterocycles. The molecule has 8 nitrogen and oxygen atoms in total. The van der Waals surface area contributed by atoms with E-state index < -0.39 is 10.9 Å². The van der Waals surface area contributed by atoms with Crippen LogP contribution in [-0.2, 0) is 9.53 Å². The molecule has 1 amide bonds. The van der Waals surface area contributed by atoms with Crippen LogP contribution in [0.15, 0.2) is 18.2 Å². The van der Waals surface area contributed by atoms with Gasteiger partial charge in [0.15, 0.2) is 6.61 Å². The minimum absolute atomic E-state index is 0.0958. The topological polar surface area (TPSA) is 102 Å². The van der Waals surface area contributed by atoms with Gasteiger partial charge in [-0.3, -0.25) is 14.9 Å². The van der Waals surface area contributed by atoms with E-state index in [2.05, 4.69) is 12.2 Å². The maximum Gasteiger partial charge on any atom is 0.338 e. The van der Waals surface area contributed by atoms with Gasteiger partial charge in [-0.15, -0.1) is 0 Å². The summed E-state index contributed by atoms with van der Waals surface area (Å²) in [5.74, 6) is 1.75. The number of ether oxygens (including phenoxy) is 1. The summed E-state index contributed by atoms with van der Waals surface area (Å²) in [6.45, 7) is 3.34. The van der Waals surface area contributed by atoms with Gasteiger partial charge < -0.3 is 15.0 Å². The highest BCUT2D eigenvalue weighted by Crippen LogP contribution is 2.55. The van der Waals surface area contributed by atoms with Gasteiger partial charge in [0.05, 0.1) is 10.5 Å². The number of nitro groups is 1. The van der Waals surface area contributed by atoms with Crippen LogP contribution < -0.4 is 10.2 Å². The highest BCUT2D eigenvalue weighted by molar-refractivity contribution is 5.93. The molecule has 4 saturated carbocycles. The van der Waals surface area contributed by atoms with Gasteiger partial charge in [0.2, 0.25) is 0 Å². The maximum atomic E-state index is 12.6. The molecule has 6 rings (SSSR count). The molecule has 0 radical (unpaired) electrons. The van der Waals surface area contributed by atoms with Crippen molar-refractivity contribution in [1.82, 2.24) is 5.32 Å². The van der Waals surface area contributed by atoms with Gasteiger partial charge in [-0.1, -0.05) is 6.92 Å². The standard InChI is InChI=1S/C25H33N3O5/c1-16-4-6-27(7-5-16)21-3-2-20(11-22(21)28(31)32)24(30)33-15-23(29)26-25-12-17-8-18(13-25)10-19(9-17)14-25/h2-3,11,16-19H,4-10,12-15H2,1H3,(H,26,29). The number of nitrogens with zero attached hydrogens (tertiary/aromatic N) is 2. The number of benzene rings is 1. The third-order valence-corrected chi connectivity index (χ3v) is 8.31. The van der Waals surface area contributed by atoms with Gasteiger partial charge >= 0.3 is 5.97 Å². The molecule has 4 bridgehead atoms. The summed E-state index contributed by atoms with van der Waals surface area (Å²) in [5.41, 5.74) is 0.392. The molecule has 0 spiro atoms. The third kappa shape index (κ3) is 4.57. The summed E-state index contributed by atoms with van der Waals surface area (Å²) in [5, 5.41) is 14.9. The molecule has 178 valence electrons. The second kappa shape index (κ2) is 8.61. The van der Waals surface area contributed by atoms with Crippen LogP contribution >= 0.6 is 0 Å². The van der Waals surface area contributed by atoms with Crippen molar-refractivity contribution in [3.63, 3.8) is 0 Å². The molecule has 0 unspecified atom stereocenters. The van der Waals surface area contributed by atoms with Gasteiger partial charge in [0, 0.05) is 24.7 Å². The zero-order valence-corrected chi connectivity index (χ0v) is 19.3. The van der Waals surface area contributed by atoms with Crippen LogP contribution in [0.5, 0.6) is 0 Å². The van der Waals surface area contributed by atoms with Crippen molar-refractivity contribution in [2.24, 2.45) is 23.7 Å². The maximum absolute atomic E-state index is 12.6. The summed E-state index contributed by atoms with van der Waals surface area (Å²) in [6.07, 6.45) is 8.92. The second-order valence-electron chi connectivity index (χ2n) is 11.0. The smallest absolute Gasteiger partial charge is 0.338 e. The van der Waals surface area contributed by atoms with Crippen LogP contribution in [0.25, 0.3) is 0 Å². The highest BCUT2D eigenvalue weighted by Gasteiger charge is 2.51. The van der Waals surface area contributed by atoms with E-state index in [4.69, 9.17) is 4.74 Å². The lowest BCUT2D eigenvalue weighted by Crippen LogP contribution is -2.60. The van der Waals surface area contributed by atoms with E-state index in [1.165, 1.54) is 25.3 Å². The summed E-state index contributed by atoms with van der Waals surface area (Å²) in [6, 6.07) is 4.45. The number of esters is 1. The van der Waals surface area contributed by atoms with Crippen LogP contribution in [0.2, 0.25) is 0 Å². The zero-order chi connectivity index (χ0) is 23.2. The Morgan fingerprint density at radius 1 is 1.12 bits per heavy atom. The highest BCUT2D eigenvalue weighted by atomic mass is 16.6. The van der Waals surface area contributed by atoms with E-state index >= 15 is 0 Å². The first-order valence-corrected chi connectivity index (χ1v) is 12.3. The third-order valence-electron chi connectivity index (χ3n) is 8.31. The monoisotopic (exact) mass is 455 g/mol. The Balaban J connectivity index is 1.20. The van der Waals surface area contributed by atoms with Gasteiger partial charge in [0.1, 0.15) is 5.69 Å². The number of anilines is 1. The first-order chi connectivity index (χ1) is 15.8. The first kappa shape index (κ1) is 22.2. The van der Waals surface area contributed by atoms with Crippen LogP contribution in [-0.4, -0.2) is 42.0 Å². The van der Waals surface area contributed by atoms with Crippen molar-refractivity contribution >= 4 is 23.3 Å². The predicted molar refractivity (Wildman–Crippen MR) is 123 cm³/mol. The van der Waals surface area contributed by atoms with E-state index in [0.29, 0.717) is 29.4 Å². The van der Waals surface area contributed by atoms with Gasteiger partial charge in [-0.05, 0) is 87.2 Å². The van der Waals surface area contributed by atoms with Gasteiger partial charge in [0.25, 0.3) is 11.6 Å². The molecule has 5 aliphatic rings. The molecule has 1 saturated heterocycles. The number of amides is 1. The van der Waals surface area contributed by atoms with Crippen LogP contribution in [0.3, 0.4) is 0 Å². The van der Waals surface area contributed by atoms with E-state index in [1.807, 2.05) is 4.90 Å². The number of rotatable bonds is 6. The van der Waals surface area contributed by atoms with Crippen molar-refractivity contribution in [2.45, 2.75) is 63.8 Å². The summed E-state index contributed by atoms with van der Waals surface area (Å²) >= 11 is 0. The molecule has 0 atom stereocenters. The lowest BCUT2D eigenvalue weighted by Gasteiger charge is -2.56. The quantitative estimate of drug-likeness (QED) is 0.394. The van der Waals surface area contributed by atoms with Gasteiger partial charge in [-0.2, -0.15) is 0 Å². The molecule has 4 aliphatic carbocycles. The molecule has 1 N–H and O–H groups in total. The Kier molecular flexibility index (Phi) is 5.79. The van der Waals surface area contributed by atoms with Crippen LogP contribution in [0.4, 0.5) is 11.4 Å². The number of carbonyl (C=O) groups is 2. The molecule has 1 aliphatic heterocycles. The number of piperidine rings is 1. The summed E-state index contributed by atoms with van der Waals surface area (Å²) in [4.78, 5) is 38.4. The Hall–Kier alpha value is -2.64. The first-order valence-electron chi connectivity index (χ1n) is 12.3. The Bertz CT molecular complexity index is 918. The van der Waals surface area contributed by atoms with Crippen molar-refractivity contribution in [3.8, 4) is 0 Å². The fraction of sp³-hybridized carbons (Fsp3) is 0.680. The molecule has 1 aromatic rings. The minimum atomic E-state index is -0.711. The molecular weight excluding hydrogens is 422 g/mol. The summed E-state index contributed by atoms with van der Waals surface area (Å²) < 4.78 is 5.25. The molecular formula is C25H33N3O5. The fourth-order valence-corrected chi connectivity index (χ4v) is 7.12. The van der Waals surface area contributed by atoms with E-state index in [1.54, 1.807) is 12.1 Å². The molecule has 0 aromatic heterocycles. The van der Waals surface area contributed by atoms with Crippen LogP contribution in [0, 0.1) is 33.8 Å². The van der Waals surface area contributed by atoms with E-state index in [-0.39, 0.29) is 29.3 Å². The Morgan fingerprint density at radius 2 is 1.73 bits per heavy atom. The van der Waals surface area contributed by atoms with E-state index in [0.717, 1.165) is 45.2 Å². The Morgan fingerprint density at radius 3 is 2.30 bits per heavy atom.